The van der Waals surface area contributed by atoms with Crippen LogP contribution < -0.4 is 5.32 Å². The lowest BCUT2D eigenvalue weighted by Gasteiger charge is -2.27. The van der Waals surface area contributed by atoms with Crippen molar-refractivity contribution in [3.8, 4) is 0 Å². The normalized spacial score (nSPS) is 34.5. The molecule has 96 valence electrons. The number of amides is 2. The number of nitrogens with one attached hydrogen (secondary N) is 1. The average molecular weight is 238 g/mol. The van der Waals surface area contributed by atoms with Crippen molar-refractivity contribution >= 4 is 11.8 Å². The van der Waals surface area contributed by atoms with Crippen molar-refractivity contribution < 1.29 is 9.59 Å². The van der Waals surface area contributed by atoms with Gasteiger partial charge in [0.05, 0.1) is 12.5 Å². The molecule has 2 amide bonds. The molecule has 2 fully saturated rings. The lowest BCUT2D eigenvalue weighted by Crippen LogP contribution is -2.40. The van der Waals surface area contributed by atoms with Crippen molar-refractivity contribution in [1.29, 1.82) is 0 Å². The third kappa shape index (κ3) is 2.86. The minimum absolute atomic E-state index is 0.0653. The first-order valence-electron chi connectivity index (χ1n) is 6.61. The standard InChI is InChI=1S/C13H22N2O2/c1-9-4-3-5-10(6-9)8-14-11-7-12(16)15(2)13(11)17/h9-11,14H,3-8H2,1-2H3. The van der Waals surface area contributed by atoms with Gasteiger partial charge in [0, 0.05) is 7.05 Å². The summed E-state index contributed by atoms with van der Waals surface area (Å²) in [6.45, 7) is 3.17. The predicted octanol–water partition coefficient (Wildman–Crippen LogP) is 1.16. The van der Waals surface area contributed by atoms with Gasteiger partial charge in [-0.3, -0.25) is 14.5 Å². The second kappa shape index (κ2) is 5.17. The quantitative estimate of drug-likeness (QED) is 0.751. The maximum atomic E-state index is 11.7. The molecule has 0 aromatic heterocycles. The minimum atomic E-state index is -0.273. The molecule has 4 nitrogen and oxygen atoms in total. The van der Waals surface area contributed by atoms with Crippen molar-refractivity contribution in [3.63, 3.8) is 0 Å². The van der Waals surface area contributed by atoms with Gasteiger partial charge >= 0.3 is 0 Å². The van der Waals surface area contributed by atoms with Gasteiger partial charge in [0.25, 0.3) is 0 Å². The van der Waals surface area contributed by atoms with Gasteiger partial charge in [-0.1, -0.05) is 19.8 Å². The molecular weight excluding hydrogens is 216 g/mol. The molecule has 2 rings (SSSR count). The van der Waals surface area contributed by atoms with Crippen LogP contribution in [0, 0.1) is 11.8 Å². The Balaban J connectivity index is 1.79. The highest BCUT2D eigenvalue weighted by molar-refractivity contribution is 6.05. The van der Waals surface area contributed by atoms with Gasteiger partial charge in [0.2, 0.25) is 11.8 Å². The van der Waals surface area contributed by atoms with E-state index in [0.29, 0.717) is 12.3 Å². The number of carbonyl (C=O) groups is 2. The van der Waals surface area contributed by atoms with E-state index in [0.717, 1.165) is 12.5 Å². The van der Waals surface area contributed by atoms with Crippen LogP contribution in [0.4, 0.5) is 0 Å². The molecular formula is C13H22N2O2. The molecule has 0 radical (unpaired) electrons. The van der Waals surface area contributed by atoms with E-state index in [1.54, 1.807) is 7.05 Å². The van der Waals surface area contributed by atoms with E-state index in [2.05, 4.69) is 12.2 Å². The third-order valence-electron chi connectivity index (χ3n) is 4.08. The molecule has 3 unspecified atom stereocenters. The van der Waals surface area contributed by atoms with E-state index >= 15 is 0 Å². The Bertz CT molecular complexity index is 317. The molecule has 0 aromatic carbocycles. The van der Waals surface area contributed by atoms with E-state index < -0.39 is 0 Å². The fourth-order valence-electron chi connectivity index (χ4n) is 2.97. The van der Waals surface area contributed by atoms with Crippen LogP contribution in [0.25, 0.3) is 0 Å². The van der Waals surface area contributed by atoms with Crippen molar-refractivity contribution in [2.45, 2.75) is 45.1 Å². The topological polar surface area (TPSA) is 49.4 Å². The number of hydrogen-bond acceptors (Lipinski definition) is 3. The molecule has 1 saturated heterocycles. The van der Waals surface area contributed by atoms with Gasteiger partial charge in [-0.25, -0.2) is 0 Å². The average Bonchev–Trinajstić information content (AvgIpc) is 2.54. The molecule has 0 spiro atoms. The van der Waals surface area contributed by atoms with Gasteiger partial charge < -0.3 is 5.32 Å². The maximum Gasteiger partial charge on any atom is 0.246 e. The number of rotatable bonds is 3. The minimum Gasteiger partial charge on any atom is -0.305 e. The zero-order valence-electron chi connectivity index (χ0n) is 10.7. The molecule has 3 atom stereocenters. The summed E-state index contributed by atoms with van der Waals surface area (Å²) in [6, 6.07) is -0.273. The summed E-state index contributed by atoms with van der Waals surface area (Å²) >= 11 is 0. The largest absolute Gasteiger partial charge is 0.305 e. The summed E-state index contributed by atoms with van der Waals surface area (Å²) in [5.74, 6) is 1.34. The Kier molecular flexibility index (Phi) is 3.82. The molecule has 0 bridgehead atoms. The van der Waals surface area contributed by atoms with E-state index in [1.165, 1.54) is 30.6 Å². The lowest BCUT2D eigenvalue weighted by atomic mass is 9.82. The highest BCUT2D eigenvalue weighted by Gasteiger charge is 2.36. The van der Waals surface area contributed by atoms with E-state index in [4.69, 9.17) is 0 Å². The second-order valence-corrected chi connectivity index (χ2v) is 5.59. The Morgan fingerprint density at radius 3 is 2.71 bits per heavy atom. The first-order chi connectivity index (χ1) is 8.08. The van der Waals surface area contributed by atoms with Gasteiger partial charge in [-0.05, 0) is 31.2 Å². The Morgan fingerprint density at radius 2 is 2.12 bits per heavy atom. The number of likely N-dealkylation sites (N-methyl/N-ethyl adjacent to an activating group) is 1. The Hall–Kier alpha value is -0.900. The van der Waals surface area contributed by atoms with Crippen LogP contribution >= 0.6 is 0 Å². The van der Waals surface area contributed by atoms with Crippen LogP contribution in [0.2, 0.25) is 0 Å². The summed E-state index contributed by atoms with van der Waals surface area (Å²) in [5.41, 5.74) is 0. The zero-order valence-corrected chi connectivity index (χ0v) is 10.7. The molecule has 2 aliphatic rings. The fraction of sp³-hybridized carbons (Fsp3) is 0.846. The molecule has 4 heteroatoms. The van der Waals surface area contributed by atoms with E-state index in [-0.39, 0.29) is 17.9 Å². The van der Waals surface area contributed by atoms with Gasteiger partial charge in [-0.2, -0.15) is 0 Å². The van der Waals surface area contributed by atoms with Gasteiger partial charge in [0.15, 0.2) is 0 Å². The molecule has 1 N–H and O–H groups in total. The van der Waals surface area contributed by atoms with E-state index in [9.17, 15) is 9.59 Å². The highest BCUT2D eigenvalue weighted by atomic mass is 16.2. The van der Waals surface area contributed by atoms with Crippen molar-refractivity contribution in [1.82, 2.24) is 10.2 Å². The van der Waals surface area contributed by atoms with Crippen LogP contribution in [0.3, 0.4) is 0 Å². The van der Waals surface area contributed by atoms with Crippen LogP contribution in [-0.4, -0.2) is 36.3 Å². The van der Waals surface area contributed by atoms with Crippen molar-refractivity contribution in [2.24, 2.45) is 11.8 Å². The summed E-state index contributed by atoms with van der Waals surface area (Å²) in [6.07, 6.45) is 5.46. The van der Waals surface area contributed by atoms with E-state index in [1.807, 2.05) is 0 Å². The van der Waals surface area contributed by atoms with Crippen molar-refractivity contribution in [2.75, 3.05) is 13.6 Å². The number of likely N-dealkylation sites (tertiary alicyclic amines) is 1. The number of imide groups is 1. The van der Waals surface area contributed by atoms with Gasteiger partial charge in [-0.15, -0.1) is 0 Å². The second-order valence-electron chi connectivity index (χ2n) is 5.59. The zero-order chi connectivity index (χ0) is 12.4. The Morgan fingerprint density at radius 1 is 1.35 bits per heavy atom. The Labute approximate surface area is 103 Å². The molecule has 17 heavy (non-hydrogen) atoms. The van der Waals surface area contributed by atoms with Crippen LogP contribution in [0.5, 0.6) is 0 Å². The summed E-state index contributed by atoms with van der Waals surface area (Å²) < 4.78 is 0. The summed E-state index contributed by atoms with van der Waals surface area (Å²) in [5, 5.41) is 3.27. The first kappa shape index (κ1) is 12.6. The number of carbonyl (C=O) groups excluding carboxylic acids is 2. The van der Waals surface area contributed by atoms with Crippen LogP contribution in [-0.2, 0) is 9.59 Å². The molecule has 1 aliphatic heterocycles. The van der Waals surface area contributed by atoms with Crippen LogP contribution in [0.1, 0.15) is 39.0 Å². The molecule has 1 heterocycles. The maximum absolute atomic E-state index is 11.7. The monoisotopic (exact) mass is 238 g/mol. The summed E-state index contributed by atoms with van der Waals surface area (Å²) in [7, 11) is 1.56. The highest BCUT2D eigenvalue weighted by Crippen LogP contribution is 2.28. The number of hydrogen-bond donors (Lipinski definition) is 1. The third-order valence-corrected chi connectivity index (χ3v) is 4.08. The smallest absolute Gasteiger partial charge is 0.246 e. The number of nitrogens with zero attached hydrogens (tertiary/aromatic N) is 1. The fourth-order valence-corrected chi connectivity index (χ4v) is 2.97. The van der Waals surface area contributed by atoms with Crippen molar-refractivity contribution in [3.05, 3.63) is 0 Å². The summed E-state index contributed by atoms with van der Waals surface area (Å²) in [4.78, 5) is 24.3. The molecule has 1 aliphatic carbocycles. The van der Waals surface area contributed by atoms with Gasteiger partial charge in [0.1, 0.15) is 0 Å². The molecule has 0 aromatic rings. The first-order valence-corrected chi connectivity index (χ1v) is 6.61. The lowest BCUT2D eigenvalue weighted by molar-refractivity contribution is -0.137. The van der Waals surface area contributed by atoms with Crippen LogP contribution in [0.15, 0.2) is 0 Å². The SMILES string of the molecule is CC1CCCC(CNC2CC(=O)N(C)C2=O)C1. The predicted molar refractivity (Wildman–Crippen MR) is 65.3 cm³/mol. The molecule has 1 saturated carbocycles.